The largest absolute Gasteiger partial charge is 0.463 e. The molecule has 0 atom stereocenters. The number of hydrogen-bond acceptors (Lipinski definition) is 4. The molecule has 1 aliphatic heterocycles. The van der Waals surface area contributed by atoms with E-state index in [1.165, 1.54) is 11.0 Å². The summed E-state index contributed by atoms with van der Waals surface area (Å²) in [6, 6.07) is 5.09. The molecule has 28 heavy (non-hydrogen) atoms. The maximum Gasteiger partial charge on any atom is 0.335 e. The lowest BCUT2D eigenvalue weighted by atomic mass is 10.2. The van der Waals surface area contributed by atoms with Crippen LogP contribution < -0.4 is 0 Å². The van der Waals surface area contributed by atoms with Crippen molar-refractivity contribution in [3.05, 3.63) is 52.0 Å². The van der Waals surface area contributed by atoms with Gasteiger partial charge in [-0.3, -0.25) is 9.59 Å². The van der Waals surface area contributed by atoms with E-state index < -0.39 is 5.97 Å². The molecule has 1 fully saturated rings. The molecule has 0 unspecified atom stereocenters. The number of nitrogens with zero attached hydrogens (tertiary/aromatic N) is 2. The van der Waals surface area contributed by atoms with Crippen LogP contribution in [0.25, 0.3) is 6.08 Å². The lowest BCUT2D eigenvalue weighted by molar-refractivity contribution is -0.139. The number of hydrogen-bond donors (Lipinski definition) is 0. The first kappa shape index (κ1) is 22.0. The van der Waals surface area contributed by atoms with E-state index in [9.17, 15) is 14.4 Å². The SMILES string of the molecule is C=C(CN1CCN(C(=O)/C=C/c2ccc(Cl)c(Cl)c2)CCC1=O)C(=O)OCC. The lowest BCUT2D eigenvalue weighted by Crippen LogP contribution is -2.37. The van der Waals surface area contributed by atoms with E-state index in [0.29, 0.717) is 29.7 Å². The molecule has 0 radical (unpaired) electrons. The van der Waals surface area contributed by atoms with E-state index in [4.69, 9.17) is 27.9 Å². The van der Waals surface area contributed by atoms with Gasteiger partial charge in [0, 0.05) is 37.7 Å². The van der Waals surface area contributed by atoms with E-state index >= 15 is 0 Å². The van der Waals surface area contributed by atoms with E-state index in [1.807, 2.05) is 0 Å². The molecular weight excluding hydrogens is 403 g/mol. The Morgan fingerprint density at radius 3 is 2.64 bits per heavy atom. The third-order valence-corrected chi connectivity index (χ3v) is 4.95. The van der Waals surface area contributed by atoms with E-state index in [1.54, 1.807) is 36.1 Å². The summed E-state index contributed by atoms with van der Waals surface area (Å²) in [7, 11) is 0. The fourth-order valence-corrected chi connectivity index (χ4v) is 2.98. The summed E-state index contributed by atoms with van der Waals surface area (Å²) in [5, 5.41) is 0.856. The predicted octanol–water partition coefficient (Wildman–Crippen LogP) is 3.19. The lowest BCUT2D eigenvalue weighted by Gasteiger charge is -2.22. The molecule has 0 aromatic heterocycles. The number of ether oxygens (including phenoxy) is 1. The third kappa shape index (κ3) is 6.11. The van der Waals surface area contributed by atoms with Gasteiger partial charge in [0.2, 0.25) is 11.8 Å². The summed E-state index contributed by atoms with van der Waals surface area (Å²) < 4.78 is 4.89. The van der Waals surface area contributed by atoms with Crippen molar-refractivity contribution in [1.82, 2.24) is 9.80 Å². The molecule has 0 saturated carbocycles. The van der Waals surface area contributed by atoms with Crippen LogP contribution in [0.3, 0.4) is 0 Å². The summed E-state index contributed by atoms with van der Waals surface area (Å²) in [5.74, 6) is -0.851. The number of esters is 1. The van der Waals surface area contributed by atoms with Crippen LogP contribution in [-0.4, -0.2) is 60.4 Å². The average Bonchev–Trinajstić information content (AvgIpc) is 2.84. The van der Waals surface area contributed by atoms with Crippen molar-refractivity contribution in [3.63, 3.8) is 0 Å². The molecule has 0 N–H and O–H groups in total. The monoisotopic (exact) mass is 424 g/mol. The first-order valence-electron chi connectivity index (χ1n) is 8.86. The van der Waals surface area contributed by atoms with Gasteiger partial charge in [-0.15, -0.1) is 0 Å². The van der Waals surface area contributed by atoms with Crippen molar-refractivity contribution in [1.29, 1.82) is 0 Å². The van der Waals surface area contributed by atoms with Crippen LogP contribution in [-0.2, 0) is 19.1 Å². The van der Waals surface area contributed by atoms with Gasteiger partial charge in [0.15, 0.2) is 0 Å². The van der Waals surface area contributed by atoms with E-state index in [2.05, 4.69) is 6.58 Å². The van der Waals surface area contributed by atoms with Crippen molar-refractivity contribution in [2.75, 3.05) is 32.8 Å². The van der Waals surface area contributed by atoms with Gasteiger partial charge in [-0.1, -0.05) is 35.8 Å². The highest BCUT2D eigenvalue weighted by Crippen LogP contribution is 2.23. The average molecular weight is 425 g/mol. The number of benzene rings is 1. The molecule has 2 rings (SSSR count). The zero-order valence-electron chi connectivity index (χ0n) is 15.6. The Hall–Kier alpha value is -2.31. The van der Waals surface area contributed by atoms with E-state index in [-0.39, 0.29) is 37.0 Å². The Kier molecular flexibility index (Phi) is 8.08. The molecule has 1 saturated heterocycles. The maximum atomic E-state index is 12.5. The van der Waals surface area contributed by atoms with Crippen LogP contribution in [0, 0.1) is 0 Å². The van der Waals surface area contributed by atoms with Gasteiger partial charge >= 0.3 is 5.97 Å². The molecule has 0 aliphatic carbocycles. The van der Waals surface area contributed by atoms with Crippen LogP contribution in [0.1, 0.15) is 18.9 Å². The number of carbonyl (C=O) groups excluding carboxylic acids is 3. The molecule has 0 bridgehead atoms. The first-order chi connectivity index (χ1) is 13.3. The standard InChI is InChI=1S/C20H22Cl2N2O4/c1-3-28-20(27)14(2)13-24-11-10-23(9-8-19(24)26)18(25)7-5-15-4-6-16(21)17(22)12-15/h4-7,12H,2-3,8-11,13H2,1H3/b7-5+. The second-order valence-corrected chi connectivity index (χ2v) is 7.04. The second kappa shape index (κ2) is 10.3. The Morgan fingerprint density at radius 1 is 1.21 bits per heavy atom. The molecule has 150 valence electrons. The molecule has 1 aromatic carbocycles. The molecule has 1 heterocycles. The summed E-state index contributed by atoms with van der Waals surface area (Å²) >= 11 is 11.9. The highest BCUT2D eigenvalue weighted by Gasteiger charge is 2.24. The molecular formula is C20H22Cl2N2O4. The third-order valence-electron chi connectivity index (χ3n) is 4.21. The normalized spacial score (nSPS) is 14.9. The van der Waals surface area contributed by atoms with Crippen LogP contribution in [0.15, 0.2) is 36.4 Å². The minimum atomic E-state index is -0.517. The van der Waals surface area contributed by atoms with Crippen LogP contribution in [0.5, 0.6) is 0 Å². The van der Waals surface area contributed by atoms with Crippen LogP contribution >= 0.6 is 23.2 Å². The topological polar surface area (TPSA) is 66.9 Å². The summed E-state index contributed by atoms with van der Waals surface area (Å²) in [6.07, 6.45) is 3.28. The summed E-state index contributed by atoms with van der Waals surface area (Å²) in [6.45, 7) is 6.74. The van der Waals surface area contributed by atoms with Crippen molar-refractivity contribution >= 4 is 47.1 Å². The minimum Gasteiger partial charge on any atom is -0.463 e. The van der Waals surface area contributed by atoms with Gasteiger partial charge in [-0.05, 0) is 30.7 Å². The van der Waals surface area contributed by atoms with Gasteiger partial charge < -0.3 is 14.5 Å². The quantitative estimate of drug-likeness (QED) is 0.519. The number of halogens is 2. The smallest absolute Gasteiger partial charge is 0.335 e. The van der Waals surface area contributed by atoms with E-state index in [0.717, 1.165) is 5.56 Å². The number of rotatable bonds is 6. The summed E-state index contributed by atoms with van der Waals surface area (Å²) in [4.78, 5) is 39.6. The predicted molar refractivity (Wildman–Crippen MR) is 109 cm³/mol. The molecule has 2 amide bonds. The highest BCUT2D eigenvalue weighted by molar-refractivity contribution is 6.42. The van der Waals surface area contributed by atoms with Gasteiger partial charge in [0.25, 0.3) is 0 Å². The number of amides is 2. The second-order valence-electron chi connectivity index (χ2n) is 6.22. The Labute approximate surface area is 174 Å². The molecule has 1 aliphatic rings. The fraction of sp³-hybridized carbons (Fsp3) is 0.350. The summed E-state index contributed by atoms with van der Waals surface area (Å²) in [5.41, 5.74) is 0.968. The molecule has 1 aromatic rings. The Bertz CT molecular complexity index is 807. The Morgan fingerprint density at radius 2 is 1.96 bits per heavy atom. The highest BCUT2D eigenvalue weighted by atomic mass is 35.5. The van der Waals surface area contributed by atoms with Crippen LogP contribution in [0.4, 0.5) is 0 Å². The van der Waals surface area contributed by atoms with Crippen molar-refractivity contribution < 1.29 is 19.1 Å². The van der Waals surface area contributed by atoms with Crippen molar-refractivity contribution in [3.8, 4) is 0 Å². The first-order valence-corrected chi connectivity index (χ1v) is 9.62. The zero-order valence-corrected chi connectivity index (χ0v) is 17.1. The number of carbonyl (C=O) groups is 3. The van der Waals surface area contributed by atoms with Gasteiger partial charge in [-0.25, -0.2) is 4.79 Å². The van der Waals surface area contributed by atoms with Gasteiger partial charge in [-0.2, -0.15) is 0 Å². The van der Waals surface area contributed by atoms with Gasteiger partial charge in [0.05, 0.1) is 23.2 Å². The maximum absolute atomic E-state index is 12.5. The van der Waals surface area contributed by atoms with Crippen molar-refractivity contribution in [2.45, 2.75) is 13.3 Å². The van der Waals surface area contributed by atoms with Gasteiger partial charge in [0.1, 0.15) is 0 Å². The molecule has 8 heteroatoms. The van der Waals surface area contributed by atoms with Crippen molar-refractivity contribution in [2.24, 2.45) is 0 Å². The molecule has 0 spiro atoms. The zero-order chi connectivity index (χ0) is 20.7. The molecule has 6 nitrogen and oxygen atoms in total. The fourth-order valence-electron chi connectivity index (χ4n) is 2.67. The Balaban J connectivity index is 1.95. The minimum absolute atomic E-state index is 0.0960. The van der Waals surface area contributed by atoms with Crippen LogP contribution in [0.2, 0.25) is 10.0 Å².